The monoisotopic (exact) mass is 409 g/mol. The molecule has 2 aromatic carbocycles. The summed E-state index contributed by atoms with van der Waals surface area (Å²) in [7, 11) is 0. The van der Waals surface area contributed by atoms with Gasteiger partial charge in [-0.3, -0.25) is 10.1 Å². The summed E-state index contributed by atoms with van der Waals surface area (Å²) in [6.45, 7) is 3.62. The lowest BCUT2D eigenvalue weighted by Crippen LogP contribution is -2.13. The molecule has 0 spiro atoms. The number of thioether (sulfide) groups is 1. The quantitative estimate of drug-likeness (QED) is 0.247. The zero-order chi connectivity index (χ0) is 21.0. The van der Waals surface area contributed by atoms with E-state index in [9.17, 15) is 14.9 Å². The molecule has 8 heteroatoms. The normalized spacial score (nSPS) is 10.6. The van der Waals surface area contributed by atoms with Gasteiger partial charge in [0, 0.05) is 28.2 Å². The average Bonchev–Trinajstić information content (AvgIpc) is 2.73. The lowest BCUT2D eigenvalue weighted by molar-refractivity contribution is -0.384. The molecule has 0 N–H and O–H groups in total. The fourth-order valence-corrected chi connectivity index (χ4v) is 3.51. The number of aromatic nitrogens is 2. The van der Waals surface area contributed by atoms with Gasteiger partial charge in [0.1, 0.15) is 5.56 Å². The zero-order valence-corrected chi connectivity index (χ0v) is 17.0. The molecule has 7 nitrogen and oxygen atoms in total. The number of ether oxygens (including phenoxy) is 1. The number of esters is 1. The predicted molar refractivity (Wildman–Crippen MR) is 112 cm³/mol. The average molecular weight is 409 g/mol. The van der Waals surface area contributed by atoms with Crippen LogP contribution in [0.2, 0.25) is 0 Å². The summed E-state index contributed by atoms with van der Waals surface area (Å²) in [4.78, 5) is 33.4. The lowest BCUT2D eigenvalue weighted by Gasteiger charge is -2.15. The maximum Gasteiger partial charge on any atom is 0.342 e. The van der Waals surface area contributed by atoms with Gasteiger partial charge in [-0.2, -0.15) is 0 Å². The van der Waals surface area contributed by atoms with Gasteiger partial charge in [-0.15, -0.1) is 11.8 Å². The number of carbonyl (C=O) groups excluding carboxylic acids is 1. The molecule has 148 valence electrons. The Hall–Kier alpha value is -3.26. The number of aryl methyl sites for hydroxylation is 1. The number of hydrogen-bond acceptors (Lipinski definition) is 7. The highest BCUT2D eigenvalue weighted by Gasteiger charge is 2.24. The molecule has 29 heavy (non-hydrogen) atoms. The van der Waals surface area contributed by atoms with Crippen LogP contribution in [-0.4, -0.2) is 33.7 Å². The summed E-state index contributed by atoms with van der Waals surface area (Å²) >= 11 is 1.42. The first-order valence-corrected chi connectivity index (χ1v) is 10.1. The molecular formula is C21H19N3O4S. The Morgan fingerprint density at radius 3 is 2.52 bits per heavy atom. The maximum absolute atomic E-state index is 12.7. The van der Waals surface area contributed by atoms with Crippen LogP contribution in [0.25, 0.3) is 22.6 Å². The smallest absolute Gasteiger partial charge is 0.342 e. The fourth-order valence-electron chi connectivity index (χ4n) is 2.93. The Morgan fingerprint density at radius 2 is 1.90 bits per heavy atom. The highest BCUT2D eigenvalue weighted by Crippen LogP contribution is 2.36. The summed E-state index contributed by atoms with van der Waals surface area (Å²) in [6, 6.07) is 13.9. The molecule has 3 rings (SSSR count). The Kier molecular flexibility index (Phi) is 6.23. The van der Waals surface area contributed by atoms with Crippen molar-refractivity contribution in [2.75, 3.05) is 12.9 Å². The Balaban J connectivity index is 2.33. The summed E-state index contributed by atoms with van der Waals surface area (Å²) in [5.74, 6) is -0.122. The predicted octanol–water partition coefficient (Wildman–Crippen LogP) is 4.93. The minimum Gasteiger partial charge on any atom is -0.462 e. The van der Waals surface area contributed by atoms with E-state index in [2.05, 4.69) is 9.97 Å². The molecule has 0 radical (unpaired) electrons. The molecule has 0 atom stereocenters. The zero-order valence-electron chi connectivity index (χ0n) is 16.2. The van der Waals surface area contributed by atoms with Crippen molar-refractivity contribution in [1.82, 2.24) is 9.97 Å². The molecule has 0 unspecified atom stereocenters. The van der Waals surface area contributed by atoms with Crippen molar-refractivity contribution in [1.29, 1.82) is 0 Å². The fraction of sp³-hybridized carbons (Fsp3) is 0.190. The summed E-state index contributed by atoms with van der Waals surface area (Å²) in [5.41, 5.74) is 2.18. The number of nitro benzene ring substituents is 1. The molecule has 0 bridgehead atoms. The second-order valence-corrected chi connectivity index (χ2v) is 6.93. The van der Waals surface area contributed by atoms with Crippen LogP contribution in [0.3, 0.4) is 0 Å². The van der Waals surface area contributed by atoms with E-state index in [0.717, 1.165) is 10.5 Å². The third-order valence-corrected chi connectivity index (χ3v) is 5.05. The van der Waals surface area contributed by atoms with E-state index in [1.807, 2.05) is 36.6 Å². The number of carbonyl (C=O) groups is 1. The van der Waals surface area contributed by atoms with E-state index < -0.39 is 10.9 Å². The summed E-state index contributed by atoms with van der Waals surface area (Å²) in [5, 5.41) is 11.3. The van der Waals surface area contributed by atoms with E-state index in [1.165, 1.54) is 23.9 Å². The van der Waals surface area contributed by atoms with Crippen molar-refractivity contribution in [2.45, 2.75) is 18.7 Å². The van der Waals surface area contributed by atoms with Gasteiger partial charge in [-0.05, 0) is 26.2 Å². The summed E-state index contributed by atoms with van der Waals surface area (Å²) in [6.07, 6.45) is 1.86. The molecule has 1 aromatic heterocycles. The Bertz CT molecular complexity index is 1070. The van der Waals surface area contributed by atoms with Crippen molar-refractivity contribution < 1.29 is 14.5 Å². The largest absolute Gasteiger partial charge is 0.462 e. The second kappa shape index (κ2) is 8.83. The Morgan fingerprint density at radius 1 is 1.17 bits per heavy atom. The molecule has 0 aliphatic rings. The van der Waals surface area contributed by atoms with Gasteiger partial charge < -0.3 is 4.74 Å². The molecule has 0 saturated heterocycles. The van der Waals surface area contributed by atoms with E-state index in [-0.39, 0.29) is 17.9 Å². The number of nitrogens with zero attached hydrogens (tertiary/aromatic N) is 3. The highest BCUT2D eigenvalue weighted by molar-refractivity contribution is 7.98. The lowest BCUT2D eigenvalue weighted by atomic mass is 10.0. The van der Waals surface area contributed by atoms with E-state index in [4.69, 9.17) is 4.74 Å². The van der Waals surface area contributed by atoms with Crippen molar-refractivity contribution in [3.63, 3.8) is 0 Å². The van der Waals surface area contributed by atoms with Crippen LogP contribution in [0.5, 0.6) is 0 Å². The van der Waals surface area contributed by atoms with E-state index >= 15 is 0 Å². The number of nitro groups is 1. The van der Waals surface area contributed by atoms with Gasteiger partial charge in [0.25, 0.3) is 5.69 Å². The van der Waals surface area contributed by atoms with Crippen LogP contribution in [0.15, 0.2) is 53.4 Å². The van der Waals surface area contributed by atoms with E-state index in [1.54, 1.807) is 19.9 Å². The van der Waals surface area contributed by atoms with Crippen LogP contribution in [0, 0.1) is 17.0 Å². The molecule has 3 aromatic rings. The molecule has 0 amide bonds. The van der Waals surface area contributed by atoms with Gasteiger partial charge in [0.05, 0.1) is 22.9 Å². The van der Waals surface area contributed by atoms with Gasteiger partial charge in [-0.1, -0.05) is 30.3 Å². The number of non-ortho nitro benzene ring substituents is 1. The van der Waals surface area contributed by atoms with Crippen molar-refractivity contribution in [3.05, 3.63) is 69.9 Å². The third kappa shape index (κ3) is 4.27. The molecule has 0 fully saturated rings. The number of benzene rings is 2. The van der Waals surface area contributed by atoms with Gasteiger partial charge >= 0.3 is 5.97 Å². The van der Waals surface area contributed by atoms with Crippen molar-refractivity contribution in [3.8, 4) is 22.6 Å². The van der Waals surface area contributed by atoms with Crippen LogP contribution in [0.4, 0.5) is 5.69 Å². The molecule has 0 saturated carbocycles. The number of rotatable bonds is 6. The first-order valence-electron chi connectivity index (χ1n) is 8.90. The molecule has 0 aliphatic heterocycles. The van der Waals surface area contributed by atoms with Gasteiger partial charge in [0.2, 0.25) is 0 Å². The second-order valence-electron chi connectivity index (χ2n) is 6.08. The highest BCUT2D eigenvalue weighted by atomic mass is 32.2. The topological polar surface area (TPSA) is 95.2 Å². The van der Waals surface area contributed by atoms with Gasteiger partial charge in [0.15, 0.2) is 5.82 Å². The maximum atomic E-state index is 12.7. The van der Waals surface area contributed by atoms with E-state index in [0.29, 0.717) is 22.8 Å². The van der Waals surface area contributed by atoms with Crippen LogP contribution in [-0.2, 0) is 4.74 Å². The van der Waals surface area contributed by atoms with Gasteiger partial charge in [-0.25, -0.2) is 14.8 Å². The third-order valence-electron chi connectivity index (χ3n) is 4.25. The Labute approximate surface area is 172 Å². The molecular weight excluding hydrogens is 390 g/mol. The molecule has 1 heterocycles. The standard InChI is InChI=1S/C21H19N3O4S/c1-4-28-21(25)18-13(2)22-20(14-8-6-5-7-9-14)23-19(18)16-12-15(24(26)27)10-11-17(16)29-3/h5-12H,4H2,1-3H3. The van der Waals surface area contributed by atoms with Crippen molar-refractivity contribution >= 4 is 23.4 Å². The van der Waals surface area contributed by atoms with Crippen molar-refractivity contribution in [2.24, 2.45) is 0 Å². The number of hydrogen-bond donors (Lipinski definition) is 0. The minimum absolute atomic E-state index is 0.0786. The summed E-state index contributed by atoms with van der Waals surface area (Å²) < 4.78 is 5.21. The first-order chi connectivity index (χ1) is 14.0. The van der Waals surface area contributed by atoms with Crippen LogP contribution >= 0.6 is 11.8 Å². The SMILES string of the molecule is CCOC(=O)c1c(C)nc(-c2ccccc2)nc1-c1cc([N+](=O)[O-])ccc1SC. The van der Waals surface area contributed by atoms with Crippen LogP contribution < -0.4 is 0 Å². The van der Waals surface area contributed by atoms with Crippen LogP contribution in [0.1, 0.15) is 23.0 Å². The molecule has 0 aliphatic carbocycles. The first kappa shape index (κ1) is 20.5. The minimum atomic E-state index is -0.557.